The first-order valence-electron chi connectivity index (χ1n) is 8.82. The van der Waals surface area contributed by atoms with Gasteiger partial charge in [-0.25, -0.2) is 0 Å². The first-order chi connectivity index (χ1) is 11.7. The van der Waals surface area contributed by atoms with Crippen LogP contribution in [-0.4, -0.2) is 71.1 Å². The van der Waals surface area contributed by atoms with Gasteiger partial charge in [-0.3, -0.25) is 9.59 Å². The van der Waals surface area contributed by atoms with E-state index in [1.807, 2.05) is 21.9 Å². The molecule has 24 heavy (non-hydrogen) atoms. The molecule has 1 saturated carbocycles. The van der Waals surface area contributed by atoms with E-state index in [1.54, 1.807) is 6.20 Å². The molecular weight excluding hydrogens is 306 g/mol. The number of rotatable bonds is 3. The first kappa shape index (κ1) is 15.4. The van der Waals surface area contributed by atoms with Gasteiger partial charge in [0.1, 0.15) is 5.41 Å². The van der Waals surface area contributed by atoms with Gasteiger partial charge in [0, 0.05) is 45.5 Å². The lowest BCUT2D eigenvalue weighted by Crippen LogP contribution is -2.53. The molecule has 0 radical (unpaired) electrons. The number of carbonyl (C=O) groups is 2. The zero-order valence-corrected chi connectivity index (χ0v) is 13.9. The second kappa shape index (κ2) is 6.03. The van der Waals surface area contributed by atoms with Crippen LogP contribution in [0.2, 0.25) is 0 Å². The molecule has 1 aliphatic carbocycles. The Bertz CT molecular complexity index is 617. The predicted molar refractivity (Wildman–Crippen MR) is 88.3 cm³/mol. The topological polar surface area (TPSA) is 69.6 Å². The van der Waals surface area contributed by atoms with E-state index in [-0.39, 0.29) is 11.8 Å². The van der Waals surface area contributed by atoms with Gasteiger partial charge in [0.2, 0.25) is 11.8 Å². The highest BCUT2D eigenvalue weighted by atomic mass is 16.2. The summed E-state index contributed by atoms with van der Waals surface area (Å²) >= 11 is 0. The predicted octanol–water partition coefficient (Wildman–Crippen LogP) is 0.528. The molecule has 2 amide bonds. The van der Waals surface area contributed by atoms with E-state index in [4.69, 9.17) is 0 Å². The van der Waals surface area contributed by atoms with E-state index in [9.17, 15) is 9.59 Å². The third-order valence-electron chi connectivity index (χ3n) is 5.41. The summed E-state index contributed by atoms with van der Waals surface area (Å²) < 4.78 is 0. The molecular formula is C17H23N5O2. The van der Waals surface area contributed by atoms with Crippen LogP contribution in [0, 0.1) is 5.41 Å². The van der Waals surface area contributed by atoms with Crippen molar-refractivity contribution >= 4 is 17.6 Å². The Kier molecular flexibility index (Phi) is 3.86. The molecule has 3 heterocycles. The maximum absolute atomic E-state index is 13.0. The van der Waals surface area contributed by atoms with Crippen LogP contribution in [0.4, 0.5) is 5.82 Å². The number of carbonyl (C=O) groups excluding carboxylic acids is 2. The summed E-state index contributed by atoms with van der Waals surface area (Å²) in [6.07, 6.45) is 5.21. The average molecular weight is 329 g/mol. The van der Waals surface area contributed by atoms with Gasteiger partial charge in [0.05, 0.1) is 0 Å². The highest BCUT2D eigenvalue weighted by molar-refractivity contribution is 6.08. The Morgan fingerprint density at radius 2 is 1.54 bits per heavy atom. The van der Waals surface area contributed by atoms with Gasteiger partial charge in [0.25, 0.3) is 0 Å². The van der Waals surface area contributed by atoms with Crippen molar-refractivity contribution in [3.8, 4) is 0 Å². The monoisotopic (exact) mass is 329 g/mol. The van der Waals surface area contributed by atoms with Crippen molar-refractivity contribution < 1.29 is 9.59 Å². The van der Waals surface area contributed by atoms with Crippen molar-refractivity contribution in [2.45, 2.75) is 25.7 Å². The minimum Gasteiger partial charge on any atom is -0.352 e. The van der Waals surface area contributed by atoms with Crippen LogP contribution in [0.5, 0.6) is 0 Å². The van der Waals surface area contributed by atoms with E-state index in [1.165, 1.54) is 0 Å². The molecule has 2 saturated heterocycles. The summed E-state index contributed by atoms with van der Waals surface area (Å²) in [6.45, 7) is 4.38. The maximum Gasteiger partial charge on any atom is 0.238 e. The molecule has 0 spiro atoms. The van der Waals surface area contributed by atoms with Crippen molar-refractivity contribution in [2.75, 3.05) is 44.2 Å². The molecule has 128 valence electrons. The van der Waals surface area contributed by atoms with Crippen LogP contribution < -0.4 is 4.90 Å². The van der Waals surface area contributed by atoms with Gasteiger partial charge in [-0.2, -0.15) is 5.10 Å². The Morgan fingerprint density at radius 3 is 2.08 bits per heavy atom. The lowest BCUT2D eigenvalue weighted by Gasteiger charge is -2.37. The summed E-state index contributed by atoms with van der Waals surface area (Å²) in [6, 6.07) is 3.80. The number of hydrogen-bond acceptors (Lipinski definition) is 5. The summed E-state index contributed by atoms with van der Waals surface area (Å²) in [5.74, 6) is 0.957. The molecule has 1 aromatic rings. The summed E-state index contributed by atoms with van der Waals surface area (Å²) in [5, 5.41) is 8.03. The van der Waals surface area contributed by atoms with E-state index in [2.05, 4.69) is 15.1 Å². The van der Waals surface area contributed by atoms with Crippen LogP contribution in [-0.2, 0) is 9.59 Å². The average Bonchev–Trinajstić information content (AvgIpc) is 3.27. The Labute approximate surface area is 141 Å². The molecule has 0 bridgehead atoms. The normalized spacial score (nSPS) is 22.6. The fourth-order valence-corrected chi connectivity index (χ4v) is 3.77. The summed E-state index contributed by atoms with van der Waals surface area (Å²) in [7, 11) is 0. The van der Waals surface area contributed by atoms with Gasteiger partial charge < -0.3 is 14.7 Å². The molecule has 0 atom stereocenters. The molecule has 3 fully saturated rings. The van der Waals surface area contributed by atoms with Crippen molar-refractivity contribution in [2.24, 2.45) is 5.41 Å². The number of likely N-dealkylation sites (tertiary alicyclic amines) is 1. The number of hydrogen-bond donors (Lipinski definition) is 0. The van der Waals surface area contributed by atoms with E-state index < -0.39 is 5.41 Å². The Hall–Kier alpha value is -2.18. The molecule has 1 aromatic heterocycles. The molecule has 0 N–H and O–H groups in total. The van der Waals surface area contributed by atoms with E-state index >= 15 is 0 Å². The molecule has 3 aliphatic rings. The molecule has 0 unspecified atom stereocenters. The van der Waals surface area contributed by atoms with Crippen LogP contribution in [0.1, 0.15) is 25.7 Å². The minimum atomic E-state index is -0.737. The molecule has 4 rings (SSSR count). The van der Waals surface area contributed by atoms with Crippen molar-refractivity contribution in [3.63, 3.8) is 0 Å². The third kappa shape index (κ3) is 2.61. The van der Waals surface area contributed by atoms with Gasteiger partial charge in [-0.05, 0) is 37.8 Å². The standard InChI is InChI=1S/C17H23N5O2/c23-15(21-8-1-2-9-21)17(5-6-17)16(24)22-12-10-20(11-13-22)14-4-3-7-18-19-14/h3-4,7H,1-2,5-6,8-13H2. The second-order valence-electron chi connectivity index (χ2n) is 6.94. The number of anilines is 1. The quantitative estimate of drug-likeness (QED) is 0.757. The lowest BCUT2D eigenvalue weighted by molar-refractivity contribution is -0.149. The first-order valence-corrected chi connectivity index (χ1v) is 8.82. The van der Waals surface area contributed by atoms with Crippen molar-refractivity contribution in [1.29, 1.82) is 0 Å². The van der Waals surface area contributed by atoms with Gasteiger partial charge in [0.15, 0.2) is 5.82 Å². The fourth-order valence-electron chi connectivity index (χ4n) is 3.77. The highest BCUT2D eigenvalue weighted by Gasteiger charge is 2.59. The minimum absolute atomic E-state index is 0.0400. The number of aromatic nitrogens is 2. The van der Waals surface area contributed by atoms with Crippen molar-refractivity contribution in [1.82, 2.24) is 20.0 Å². The molecule has 0 aromatic carbocycles. The van der Waals surface area contributed by atoms with Crippen LogP contribution in [0.15, 0.2) is 18.3 Å². The number of piperazine rings is 1. The van der Waals surface area contributed by atoms with E-state index in [0.717, 1.165) is 44.8 Å². The highest BCUT2D eigenvalue weighted by Crippen LogP contribution is 2.49. The molecule has 7 nitrogen and oxygen atoms in total. The molecule has 2 aliphatic heterocycles. The zero-order valence-electron chi connectivity index (χ0n) is 13.9. The smallest absolute Gasteiger partial charge is 0.238 e. The maximum atomic E-state index is 13.0. The van der Waals surface area contributed by atoms with Gasteiger partial charge in [-0.15, -0.1) is 5.10 Å². The Morgan fingerprint density at radius 1 is 0.917 bits per heavy atom. The van der Waals surface area contributed by atoms with Crippen molar-refractivity contribution in [3.05, 3.63) is 18.3 Å². The van der Waals surface area contributed by atoms with Gasteiger partial charge in [-0.1, -0.05) is 0 Å². The second-order valence-corrected chi connectivity index (χ2v) is 6.94. The number of amides is 2. The summed E-state index contributed by atoms with van der Waals surface area (Å²) in [4.78, 5) is 31.6. The van der Waals surface area contributed by atoms with Crippen LogP contribution in [0.3, 0.4) is 0 Å². The SMILES string of the molecule is O=C(N1CCCC1)C1(C(=O)N2CCN(c3cccnn3)CC2)CC1. The molecule has 7 heteroatoms. The number of nitrogens with zero attached hydrogens (tertiary/aromatic N) is 5. The largest absolute Gasteiger partial charge is 0.352 e. The van der Waals surface area contributed by atoms with E-state index in [0.29, 0.717) is 25.9 Å². The lowest BCUT2D eigenvalue weighted by atomic mass is 10.0. The zero-order chi connectivity index (χ0) is 16.6. The van der Waals surface area contributed by atoms with Crippen LogP contribution in [0.25, 0.3) is 0 Å². The Balaban J connectivity index is 1.38. The summed E-state index contributed by atoms with van der Waals surface area (Å²) in [5.41, 5.74) is -0.737. The third-order valence-corrected chi connectivity index (χ3v) is 5.41. The van der Waals surface area contributed by atoms with Crippen LogP contribution >= 0.6 is 0 Å². The van der Waals surface area contributed by atoms with Gasteiger partial charge >= 0.3 is 0 Å². The fraction of sp³-hybridized carbons (Fsp3) is 0.647.